The second-order valence-electron chi connectivity index (χ2n) is 5.65. The molecule has 0 atom stereocenters. The zero-order valence-electron chi connectivity index (χ0n) is 14.1. The lowest BCUT2D eigenvalue weighted by Crippen LogP contribution is -2.21. The van der Waals surface area contributed by atoms with Crippen molar-refractivity contribution in [2.45, 2.75) is 0 Å². The van der Waals surface area contributed by atoms with Crippen molar-refractivity contribution in [3.8, 4) is 5.75 Å². The van der Waals surface area contributed by atoms with Crippen LogP contribution in [0.1, 0.15) is 15.9 Å². The van der Waals surface area contributed by atoms with Gasteiger partial charge in [0, 0.05) is 11.1 Å². The van der Waals surface area contributed by atoms with Crippen molar-refractivity contribution >= 4 is 17.4 Å². The molecule has 0 fully saturated rings. The van der Waals surface area contributed by atoms with E-state index in [0.717, 1.165) is 12.1 Å². The van der Waals surface area contributed by atoms with Gasteiger partial charge >= 0.3 is 0 Å². The number of ether oxygens (including phenoxy) is 1. The van der Waals surface area contributed by atoms with Crippen LogP contribution in [0, 0.1) is 11.6 Å². The van der Waals surface area contributed by atoms with Gasteiger partial charge in [0.05, 0.1) is 0 Å². The first-order valence-corrected chi connectivity index (χ1v) is 8.11. The number of carbonyl (C=O) groups excluding carboxylic acids is 2. The third-order valence-electron chi connectivity index (χ3n) is 3.75. The lowest BCUT2D eigenvalue weighted by Gasteiger charge is -2.09. The van der Waals surface area contributed by atoms with E-state index in [1.165, 1.54) is 6.07 Å². The molecule has 3 aromatic carbocycles. The second kappa shape index (κ2) is 8.23. The number of nitrogens with one attached hydrogen (secondary N) is 1. The van der Waals surface area contributed by atoms with Gasteiger partial charge in [-0.3, -0.25) is 9.59 Å². The third kappa shape index (κ3) is 4.55. The summed E-state index contributed by atoms with van der Waals surface area (Å²) in [4.78, 5) is 24.1. The Hall–Kier alpha value is -3.54. The third-order valence-corrected chi connectivity index (χ3v) is 3.75. The van der Waals surface area contributed by atoms with E-state index in [1.54, 1.807) is 48.5 Å². The Balaban J connectivity index is 1.59. The van der Waals surface area contributed by atoms with Gasteiger partial charge in [-0.15, -0.1) is 0 Å². The van der Waals surface area contributed by atoms with Crippen molar-refractivity contribution in [2.75, 3.05) is 11.9 Å². The van der Waals surface area contributed by atoms with E-state index >= 15 is 0 Å². The second-order valence-corrected chi connectivity index (χ2v) is 5.65. The van der Waals surface area contributed by atoms with Crippen LogP contribution in [0.4, 0.5) is 14.5 Å². The molecular weight excluding hydrogens is 352 g/mol. The van der Waals surface area contributed by atoms with E-state index in [1.807, 2.05) is 6.07 Å². The van der Waals surface area contributed by atoms with Crippen LogP contribution in [0.25, 0.3) is 0 Å². The molecule has 0 saturated carbocycles. The predicted molar refractivity (Wildman–Crippen MR) is 96.8 cm³/mol. The predicted octanol–water partition coefficient (Wildman–Crippen LogP) is 4.21. The molecule has 3 aromatic rings. The van der Waals surface area contributed by atoms with Crippen molar-refractivity contribution in [1.29, 1.82) is 0 Å². The molecule has 0 aromatic heterocycles. The Morgan fingerprint density at radius 3 is 2.00 bits per heavy atom. The lowest BCUT2D eigenvalue weighted by molar-refractivity contribution is -0.118. The molecule has 136 valence electrons. The first-order chi connectivity index (χ1) is 13.0. The Morgan fingerprint density at radius 1 is 0.778 bits per heavy atom. The molecule has 3 rings (SSSR count). The molecule has 0 aliphatic rings. The van der Waals surface area contributed by atoms with Gasteiger partial charge in [-0.25, -0.2) is 8.78 Å². The first-order valence-electron chi connectivity index (χ1n) is 8.11. The van der Waals surface area contributed by atoms with Crippen molar-refractivity contribution in [3.05, 3.63) is 95.6 Å². The summed E-state index contributed by atoms with van der Waals surface area (Å²) in [6, 6.07) is 18.4. The summed E-state index contributed by atoms with van der Waals surface area (Å²) < 4.78 is 32.3. The normalized spacial score (nSPS) is 10.3. The van der Waals surface area contributed by atoms with Crippen LogP contribution in [0.3, 0.4) is 0 Å². The molecule has 0 radical (unpaired) electrons. The molecule has 0 saturated heterocycles. The number of anilines is 1. The summed E-state index contributed by atoms with van der Waals surface area (Å²) in [5.41, 5.74) is 0.527. The van der Waals surface area contributed by atoms with Crippen molar-refractivity contribution < 1.29 is 23.1 Å². The van der Waals surface area contributed by atoms with Gasteiger partial charge < -0.3 is 10.1 Å². The lowest BCUT2D eigenvalue weighted by atomic mass is 10.0. The number of rotatable bonds is 6. The number of hydrogen-bond donors (Lipinski definition) is 1. The fourth-order valence-corrected chi connectivity index (χ4v) is 2.40. The minimum Gasteiger partial charge on any atom is -0.484 e. The molecule has 0 aliphatic heterocycles. The number of amides is 1. The fraction of sp³-hybridized carbons (Fsp3) is 0.0476. The summed E-state index contributed by atoms with van der Waals surface area (Å²) in [7, 11) is 0. The number of hydrogen-bond acceptors (Lipinski definition) is 3. The highest BCUT2D eigenvalue weighted by Gasteiger charge is 2.13. The molecule has 0 heterocycles. The molecule has 1 N–H and O–H groups in total. The highest BCUT2D eigenvalue weighted by atomic mass is 19.1. The molecule has 0 unspecified atom stereocenters. The quantitative estimate of drug-likeness (QED) is 0.664. The minimum atomic E-state index is -0.868. The summed E-state index contributed by atoms with van der Waals surface area (Å²) in [6.45, 7) is -0.431. The van der Waals surface area contributed by atoms with Crippen LogP contribution < -0.4 is 10.1 Å². The number of ketones is 1. The molecule has 0 bridgehead atoms. The molecule has 1 amide bonds. The molecular formula is C21H15F2NO3. The number of halogens is 2. The number of carbonyl (C=O) groups is 2. The highest BCUT2D eigenvalue weighted by Crippen LogP contribution is 2.18. The Kier molecular flexibility index (Phi) is 5.56. The van der Waals surface area contributed by atoms with Crippen LogP contribution in [-0.4, -0.2) is 18.3 Å². The Labute approximate surface area is 154 Å². The van der Waals surface area contributed by atoms with Gasteiger partial charge in [0.25, 0.3) is 5.91 Å². The van der Waals surface area contributed by atoms with Crippen LogP contribution in [0.2, 0.25) is 0 Å². The summed E-state index contributed by atoms with van der Waals surface area (Å²) in [6.07, 6.45) is 0. The van der Waals surface area contributed by atoms with Crippen molar-refractivity contribution in [1.82, 2.24) is 0 Å². The van der Waals surface area contributed by atoms with E-state index in [4.69, 9.17) is 4.74 Å². The highest BCUT2D eigenvalue weighted by molar-refractivity contribution is 6.09. The molecule has 27 heavy (non-hydrogen) atoms. The van der Waals surface area contributed by atoms with Crippen LogP contribution in [-0.2, 0) is 4.79 Å². The smallest absolute Gasteiger partial charge is 0.262 e. The van der Waals surface area contributed by atoms with E-state index in [2.05, 4.69) is 5.32 Å². The summed E-state index contributed by atoms with van der Waals surface area (Å²) in [5, 5.41) is 2.13. The van der Waals surface area contributed by atoms with Crippen LogP contribution in [0.5, 0.6) is 5.75 Å². The topological polar surface area (TPSA) is 55.4 Å². The number of para-hydroxylation sites is 1. The van der Waals surface area contributed by atoms with Crippen LogP contribution >= 0.6 is 0 Å². The molecule has 4 nitrogen and oxygen atoms in total. The van der Waals surface area contributed by atoms with Gasteiger partial charge in [-0.1, -0.05) is 36.4 Å². The van der Waals surface area contributed by atoms with Gasteiger partial charge in [-0.05, 0) is 36.4 Å². The maximum absolute atomic E-state index is 13.5. The van der Waals surface area contributed by atoms with Gasteiger partial charge in [0.2, 0.25) is 0 Å². The maximum Gasteiger partial charge on any atom is 0.262 e. The fourth-order valence-electron chi connectivity index (χ4n) is 2.40. The van der Waals surface area contributed by atoms with Crippen molar-refractivity contribution in [3.63, 3.8) is 0 Å². The standard InChI is InChI=1S/C21H15F2NO3/c22-17-7-4-8-18(23)20(17)24-19(25)13-27-16-11-9-15(10-12-16)21(26)14-5-2-1-3-6-14/h1-12H,13H2,(H,24,25). The average molecular weight is 367 g/mol. The van der Waals surface area contributed by atoms with Crippen LogP contribution in [0.15, 0.2) is 72.8 Å². The SMILES string of the molecule is O=C(COc1ccc(C(=O)c2ccccc2)cc1)Nc1c(F)cccc1F. The number of benzene rings is 3. The van der Waals surface area contributed by atoms with E-state index in [-0.39, 0.29) is 5.78 Å². The zero-order chi connectivity index (χ0) is 19.2. The summed E-state index contributed by atoms with van der Waals surface area (Å²) >= 11 is 0. The van der Waals surface area contributed by atoms with E-state index in [9.17, 15) is 18.4 Å². The van der Waals surface area contributed by atoms with E-state index in [0.29, 0.717) is 16.9 Å². The summed E-state index contributed by atoms with van der Waals surface area (Å²) in [5.74, 6) is -2.22. The Bertz CT molecular complexity index is 937. The molecule has 0 spiro atoms. The first kappa shape index (κ1) is 18.3. The minimum absolute atomic E-state index is 0.130. The zero-order valence-corrected chi connectivity index (χ0v) is 14.1. The van der Waals surface area contributed by atoms with Gasteiger partial charge in [0.1, 0.15) is 23.1 Å². The monoisotopic (exact) mass is 367 g/mol. The Morgan fingerprint density at radius 2 is 1.37 bits per heavy atom. The van der Waals surface area contributed by atoms with E-state index < -0.39 is 29.8 Å². The molecule has 0 aliphatic carbocycles. The maximum atomic E-state index is 13.5. The van der Waals surface area contributed by atoms with Gasteiger partial charge in [-0.2, -0.15) is 0 Å². The molecule has 6 heteroatoms. The van der Waals surface area contributed by atoms with Gasteiger partial charge in [0.15, 0.2) is 12.4 Å². The average Bonchev–Trinajstić information content (AvgIpc) is 2.70. The largest absolute Gasteiger partial charge is 0.484 e. The van der Waals surface area contributed by atoms with Crippen molar-refractivity contribution in [2.24, 2.45) is 0 Å².